The molecule has 0 amide bonds. The van der Waals surface area contributed by atoms with Crippen LogP contribution in [0.2, 0.25) is 0 Å². The van der Waals surface area contributed by atoms with E-state index in [0.717, 1.165) is 103 Å². The summed E-state index contributed by atoms with van der Waals surface area (Å²) >= 11 is 0. The smallest absolute Gasteiger partial charge is 0.311 e. The number of rotatable bonds is 39. The van der Waals surface area contributed by atoms with E-state index in [4.69, 9.17) is 14.2 Å². The summed E-state index contributed by atoms with van der Waals surface area (Å²) in [5.74, 6) is 0.309. The van der Waals surface area contributed by atoms with Crippen molar-refractivity contribution in [1.29, 1.82) is 0 Å². The predicted molar refractivity (Wildman–Crippen MR) is 241 cm³/mol. The molecular weight excluding hydrogens is 711 g/mol. The number of hydrogen-bond acceptors (Lipinski definition) is 7. The van der Waals surface area contributed by atoms with Gasteiger partial charge in [-0.25, -0.2) is 0 Å². The molecule has 0 saturated heterocycles. The van der Waals surface area contributed by atoms with Crippen molar-refractivity contribution in [3.8, 4) is 0 Å². The lowest BCUT2D eigenvalue weighted by molar-refractivity contribution is -0.162. The normalized spacial score (nSPS) is 13.0. The second-order valence-corrected chi connectivity index (χ2v) is 18.3. The number of unbranched alkanes of at least 4 members (excludes halogenated alkanes) is 16. The largest absolute Gasteiger partial charge is 0.462 e. The molecule has 7 heteroatoms. The van der Waals surface area contributed by atoms with Gasteiger partial charge in [-0.2, -0.15) is 0 Å². The topological polar surface area (TPSA) is 82.1 Å². The summed E-state index contributed by atoms with van der Waals surface area (Å²) in [5, 5.41) is 0. The van der Waals surface area contributed by atoms with Crippen molar-refractivity contribution in [2.75, 3.05) is 26.8 Å². The average Bonchev–Trinajstić information content (AvgIpc) is 3.15. The van der Waals surface area contributed by atoms with Crippen LogP contribution in [0.4, 0.5) is 0 Å². The van der Waals surface area contributed by atoms with Gasteiger partial charge in [0, 0.05) is 24.9 Å². The van der Waals surface area contributed by atoms with E-state index in [9.17, 15) is 14.4 Å². The lowest BCUT2D eigenvalue weighted by atomic mass is 9.79. The van der Waals surface area contributed by atoms with Crippen LogP contribution in [0.3, 0.4) is 0 Å². The molecule has 0 aliphatic rings. The molecule has 0 N–H and O–H groups in total. The maximum atomic E-state index is 13.8. The Balaban J connectivity index is 4.79. The molecule has 0 bridgehead atoms. The van der Waals surface area contributed by atoms with Gasteiger partial charge in [0.2, 0.25) is 0 Å². The third kappa shape index (κ3) is 32.4. The SMILES string of the molecule is CCCCCC/C=C\COC(=O)CCCCCCCC(CCCCCCCC(=O)OC/C=C\CCCCCC)OC(=O)C(C)(C)CC(C)(C)N(C)CC(C)CCC. The van der Waals surface area contributed by atoms with Gasteiger partial charge in [-0.15, -0.1) is 0 Å². The lowest BCUT2D eigenvalue weighted by Gasteiger charge is -2.42. The van der Waals surface area contributed by atoms with Gasteiger partial charge in [0.05, 0.1) is 5.41 Å². The van der Waals surface area contributed by atoms with Gasteiger partial charge in [0.1, 0.15) is 19.3 Å². The quantitative estimate of drug-likeness (QED) is 0.0265. The monoisotopic (exact) mass is 804 g/mol. The highest BCUT2D eigenvalue weighted by molar-refractivity contribution is 5.76. The molecule has 0 aromatic heterocycles. The number of carbonyl (C=O) groups excluding carboxylic acids is 3. The Morgan fingerprint density at radius 3 is 1.46 bits per heavy atom. The lowest BCUT2D eigenvalue weighted by Crippen LogP contribution is -2.48. The van der Waals surface area contributed by atoms with E-state index in [1.54, 1.807) is 0 Å². The first-order chi connectivity index (χ1) is 27.3. The number of hydrogen-bond donors (Lipinski definition) is 0. The Bertz CT molecular complexity index is 997. The number of ether oxygens (including phenoxy) is 3. The van der Waals surface area contributed by atoms with Crippen molar-refractivity contribution in [3.05, 3.63) is 24.3 Å². The number of esters is 3. The molecule has 0 aromatic rings. The highest BCUT2D eigenvalue weighted by Crippen LogP contribution is 2.34. The molecule has 334 valence electrons. The van der Waals surface area contributed by atoms with Crippen LogP contribution in [0.25, 0.3) is 0 Å². The van der Waals surface area contributed by atoms with Crippen LogP contribution < -0.4 is 0 Å². The minimum atomic E-state index is -0.595. The van der Waals surface area contributed by atoms with Gasteiger partial charge >= 0.3 is 17.9 Å². The van der Waals surface area contributed by atoms with Crippen molar-refractivity contribution in [3.63, 3.8) is 0 Å². The molecule has 0 aliphatic carbocycles. The van der Waals surface area contributed by atoms with E-state index in [0.29, 0.717) is 32.0 Å². The summed E-state index contributed by atoms with van der Waals surface area (Å²) in [4.78, 5) is 40.5. The standard InChI is InChI=1S/C50H93NO6/c1-10-13-15-17-19-27-33-40-55-46(52)38-31-25-21-23-29-36-45(57-48(54)49(5,6)43-50(7,8)51(9)42-44(4)35-12-3)37-30-24-22-26-32-39-47(53)56-41-34-28-20-18-16-14-11-2/h27-28,33-34,44-45H,10-26,29-32,35-43H2,1-9H3/b33-27-,34-28-. The number of nitrogens with zero attached hydrogens (tertiary/aromatic N) is 1. The predicted octanol–water partition coefficient (Wildman–Crippen LogP) is 14.1. The van der Waals surface area contributed by atoms with Crippen LogP contribution in [0.5, 0.6) is 0 Å². The van der Waals surface area contributed by atoms with E-state index in [2.05, 4.69) is 65.6 Å². The molecule has 1 atom stereocenters. The maximum absolute atomic E-state index is 13.8. The van der Waals surface area contributed by atoms with Crippen LogP contribution in [0.15, 0.2) is 24.3 Å². The molecule has 0 spiro atoms. The summed E-state index contributed by atoms with van der Waals surface area (Å²) in [5.41, 5.74) is -0.726. The summed E-state index contributed by atoms with van der Waals surface area (Å²) < 4.78 is 17.1. The fraction of sp³-hybridized carbons (Fsp3) is 0.860. The summed E-state index contributed by atoms with van der Waals surface area (Å²) in [6.07, 6.45) is 36.0. The Kier molecular flexibility index (Phi) is 34.4. The number of carbonyl (C=O) groups is 3. The van der Waals surface area contributed by atoms with Crippen LogP contribution in [-0.2, 0) is 28.6 Å². The average molecular weight is 804 g/mol. The van der Waals surface area contributed by atoms with Crippen molar-refractivity contribution >= 4 is 17.9 Å². The van der Waals surface area contributed by atoms with Crippen LogP contribution in [-0.4, -0.2) is 61.3 Å². The van der Waals surface area contributed by atoms with Gasteiger partial charge in [-0.05, 0) is 118 Å². The first-order valence-electron chi connectivity index (χ1n) is 23.8. The first kappa shape index (κ1) is 54.9. The molecule has 57 heavy (non-hydrogen) atoms. The van der Waals surface area contributed by atoms with Gasteiger partial charge in [0.15, 0.2) is 0 Å². The highest BCUT2D eigenvalue weighted by Gasteiger charge is 2.39. The second-order valence-electron chi connectivity index (χ2n) is 18.3. The van der Waals surface area contributed by atoms with Gasteiger partial charge in [-0.1, -0.05) is 135 Å². The zero-order valence-corrected chi connectivity index (χ0v) is 39.1. The molecule has 0 radical (unpaired) electrons. The van der Waals surface area contributed by atoms with Crippen molar-refractivity contribution < 1.29 is 28.6 Å². The van der Waals surface area contributed by atoms with E-state index in [-0.39, 0.29) is 29.6 Å². The van der Waals surface area contributed by atoms with Gasteiger partial charge in [0.25, 0.3) is 0 Å². The molecule has 7 nitrogen and oxygen atoms in total. The van der Waals surface area contributed by atoms with E-state index in [1.165, 1.54) is 64.2 Å². The van der Waals surface area contributed by atoms with E-state index >= 15 is 0 Å². The third-order valence-electron chi connectivity index (χ3n) is 11.4. The summed E-state index contributed by atoms with van der Waals surface area (Å²) in [6.45, 7) is 19.3. The highest BCUT2D eigenvalue weighted by atomic mass is 16.5. The minimum Gasteiger partial charge on any atom is -0.462 e. The Morgan fingerprint density at radius 2 is 1.00 bits per heavy atom. The fourth-order valence-electron chi connectivity index (χ4n) is 7.68. The zero-order valence-electron chi connectivity index (χ0n) is 39.1. The van der Waals surface area contributed by atoms with E-state index in [1.807, 2.05) is 26.0 Å². The van der Waals surface area contributed by atoms with Gasteiger partial charge < -0.3 is 19.1 Å². The van der Waals surface area contributed by atoms with Crippen LogP contribution in [0.1, 0.15) is 229 Å². The molecule has 0 rings (SSSR count). The van der Waals surface area contributed by atoms with Crippen LogP contribution >= 0.6 is 0 Å². The summed E-state index contributed by atoms with van der Waals surface area (Å²) in [6, 6.07) is 0. The van der Waals surface area contributed by atoms with Crippen LogP contribution in [0, 0.1) is 11.3 Å². The van der Waals surface area contributed by atoms with Gasteiger partial charge in [-0.3, -0.25) is 14.4 Å². The number of allylic oxidation sites excluding steroid dienone is 2. The Hall–Kier alpha value is -2.15. The minimum absolute atomic E-state index is 0.0912. The second kappa shape index (κ2) is 35.8. The molecule has 0 heterocycles. The van der Waals surface area contributed by atoms with Crippen molar-refractivity contribution in [1.82, 2.24) is 4.90 Å². The Morgan fingerprint density at radius 1 is 0.561 bits per heavy atom. The molecule has 0 aliphatic heterocycles. The molecule has 0 saturated carbocycles. The zero-order chi connectivity index (χ0) is 42.6. The maximum Gasteiger partial charge on any atom is 0.311 e. The first-order valence-corrected chi connectivity index (χ1v) is 23.8. The molecule has 0 aromatic carbocycles. The third-order valence-corrected chi connectivity index (χ3v) is 11.4. The molecule has 0 fully saturated rings. The molecule has 1 unspecified atom stereocenters. The molecular formula is C50H93NO6. The Labute approximate surface area is 353 Å². The van der Waals surface area contributed by atoms with Crippen molar-refractivity contribution in [2.24, 2.45) is 11.3 Å². The summed E-state index contributed by atoms with van der Waals surface area (Å²) in [7, 11) is 2.19. The van der Waals surface area contributed by atoms with E-state index < -0.39 is 5.41 Å². The fourth-order valence-corrected chi connectivity index (χ4v) is 7.68. The van der Waals surface area contributed by atoms with Crippen molar-refractivity contribution in [2.45, 2.75) is 240 Å².